The third kappa shape index (κ3) is 3.62. The molecule has 2 aromatic rings. The molecule has 9 heteroatoms. The quantitative estimate of drug-likeness (QED) is 0.742. The first kappa shape index (κ1) is 17.3. The number of hydrogen-bond acceptors (Lipinski definition) is 7. The SMILES string of the molecule is COC(=O)c1ccc(S(=O)(=O)N2CCN(c3cnccn3)CC2)cc1. The predicted molar refractivity (Wildman–Crippen MR) is 90.8 cm³/mol. The Kier molecular flexibility index (Phi) is 4.95. The molecule has 132 valence electrons. The second-order valence-electron chi connectivity index (χ2n) is 5.47. The van der Waals surface area contributed by atoms with E-state index in [4.69, 9.17) is 0 Å². The van der Waals surface area contributed by atoms with Crippen LogP contribution in [0.15, 0.2) is 47.8 Å². The molecular weight excluding hydrogens is 344 g/mol. The molecule has 0 bridgehead atoms. The van der Waals surface area contributed by atoms with Crippen LogP contribution in [0, 0.1) is 0 Å². The third-order valence-electron chi connectivity index (χ3n) is 4.03. The van der Waals surface area contributed by atoms with Gasteiger partial charge in [-0.25, -0.2) is 18.2 Å². The Morgan fingerprint density at radius 3 is 2.32 bits per heavy atom. The zero-order valence-electron chi connectivity index (χ0n) is 13.7. The van der Waals surface area contributed by atoms with E-state index >= 15 is 0 Å². The fourth-order valence-corrected chi connectivity index (χ4v) is 4.06. The summed E-state index contributed by atoms with van der Waals surface area (Å²) in [5.74, 6) is 0.239. The molecule has 1 aromatic heterocycles. The van der Waals surface area contributed by atoms with Crippen LogP contribution in [0.25, 0.3) is 0 Å². The van der Waals surface area contributed by atoms with Crippen molar-refractivity contribution in [2.24, 2.45) is 0 Å². The average molecular weight is 362 g/mol. The van der Waals surface area contributed by atoms with Crippen LogP contribution in [0.5, 0.6) is 0 Å². The second kappa shape index (κ2) is 7.16. The van der Waals surface area contributed by atoms with Gasteiger partial charge < -0.3 is 9.64 Å². The van der Waals surface area contributed by atoms with Crippen LogP contribution in [-0.2, 0) is 14.8 Å². The first-order valence-electron chi connectivity index (χ1n) is 7.72. The average Bonchev–Trinajstić information content (AvgIpc) is 2.68. The van der Waals surface area contributed by atoms with E-state index in [2.05, 4.69) is 14.7 Å². The van der Waals surface area contributed by atoms with Gasteiger partial charge in [-0.3, -0.25) is 4.98 Å². The number of anilines is 1. The number of rotatable bonds is 4. The van der Waals surface area contributed by atoms with Crippen molar-refractivity contribution < 1.29 is 17.9 Å². The highest BCUT2D eigenvalue weighted by atomic mass is 32.2. The lowest BCUT2D eigenvalue weighted by molar-refractivity contribution is 0.0600. The Balaban J connectivity index is 1.70. The number of aromatic nitrogens is 2. The zero-order valence-corrected chi connectivity index (χ0v) is 14.5. The highest BCUT2D eigenvalue weighted by Gasteiger charge is 2.29. The number of sulfonamides is 1. The summed E-state index contributed by atoms with van der Waals surface area (Å²) in [7, 11) is -2.32. The molecule has 1 aliphatic rings. The van der Waals surface area contributed by atoms with Crippen molar-refractivity contribution >= 4 is 21.8 Å². The fourth-order valence-electron chi connectivity index (χ4n) is 2.64. The van der Waals surface area contributed by atoms with Gasteiger partial charge in [0.1, 0.15) is 5.82 Å². The Morgan fingerprint density at radius 2 is 1.76 bits per heavy atom. The lowest BCUT2D eigenvalue weighted by atomic mass is 10.2. The van der Waals surface area contributed by atoms with Crippen molar-refractivity contribution in [2.45, 2.75) is 4.90 Å². The number of piperazine rings is 1. The number of carbonyl (C=O) groups is 1. The summed E-state index contributed by atoms with van der Waals surface area (Å²) in [4.78, 5) is 21.9. The molecule has 0 N–H and O–H groups in total. The first-order valence-corrected chi connectivity index (χ1v) is 9.16. The van der Waals surface area contributed by atoms with E-state index in [1.54, 1.807) is 18.6 Å². The van der Waals surface area contributed by atoms with Gasteiger partial charge in [0.15, 0.2) is 0 Å². The Hall–Kier alpha value is -2.52. The van der Waals surface area contributed by atoms with Gasteiger partial charge in [0.05, 0.1) is 23.8 Å². The van der Waals surface area contributed by atoms with Crippen molar-refractivity contribution in [3.63, 3.8) is 0 Å². The highest BCUT2D eigenvalue weighted by molar-refractivity contribution is 7.89. The van der Waals surface area contributed by atoms with Crippen LogP contribution < -0.4 is 4.90 Å². The maximum atomic E-state index is 12.7. The van der Waals surface area contributed by atoms with Crippen molar-refractivity contribution in [3.8, 4) is 0 Å². The van der Waals surface area contributed by atoms with E-state index in [0.717, 1.165) is 5.82 Å². The molecule has 0 unspecified atom stereocenters. The van der Waals surface area contributed by atoms with E-state index in [1.807, 2.05) is 4.90 Å². The zero-order chi connectivity index (χ0) is 17.9. The Morgan fingerprint density at radius 1 is 1.08 bits per heavy atom. The van der Waals surface area contributed by atoms with E-state index in [0.29, 0.717) is 31.7 Å². The summed E-state index contributed by atoms with van der Waals surface area (Å²) in [5, 5.41) is 0. The van der Waals surface area contributed by atoms with Gasteiger partial charge in [0.2, 0.25) is 10.0 Å². The van der Waals surface area contributed by atoms with Crippen molar-refractivity contribution in [3.05, 3.63) is 48.4 Å². The Labute approximate surface area is 146 Å². The summed E-state index contributed by atoms with van der Waals surface area (Å²) in [6, 6.07) is 5.76. The van der Waals surface area contributed by atoms with Crippen LogP contribution in [0.1, 0.15) is 10.4 Å². The molecule has 1 saturated heterocycles. The van der Waals surface area contributed by atoms with Crippen molar-refractivity contribution in [2.75, 3.05) is 38.2 Å². The number of carbonyl (C=O) groups excluding carboxylic acids is 1. The molecule has 0 radical (unpaired) electrons. The van der Waals surface area contributed by atoms with E-state index in [-0.39, 0.29) is 4.90 Å². The Bertz CT molecular complexity index is 832. The molecule has 1 aliphatic heterocycles. The van der Waals surface area contributed by atoms with E-state index in [9.17, 15) is 13.2 Å². The molecular formula is C16H18N4O4S. The predicted octanol–water partition coefficient (Wildman–Crippen LogP) is 0.774. The summed E-state index contributed by atoms with van der Waals surface area (Å²) >= 11 is 0. The highest BCUT2D eigenvalue weighted by Crippen LogP contribution is 2.20. The number of hydrogen-bond donors (Lipinski definition) is 0. The molecule has 25 heavy (non-hydrogen) atoms. The van der Waals surface area contributed by atoms with E-state index in [1.165, 1.54) is 35.7 Å². The first-order chi connectivity index (χ1) is 12.0. The summed E-state index contributed by atoms with van der Waals surface area (Å²) in [5.41, 5.74) is 0.314. The molecule has 0 spiro atoms. The molecule has 1 fully saturated rings. The van der Waals surface area contributed by atoms with Crippen LogP contribution in [0.3, 0.4) is 0 Å². The number of methoxy groups -OCH3 is 1. The lowest BCUT2D eigenvalue weighted by Crippen LogP contribution is -2.48. The molecule has 1 aromatic carbocycles. The maximum Gasteiger partial charge on any atom is 0.337 e. The monoisotopic (exact) mass is 362 g/mol. The topological polar surface area (TPSA) is 92.7 Å². The van der Waals surface area contributed by atoms with Gasteiger partial charge in [-0.1, -0.05) is 0 Å². The molecule has 0 saturated carbocycles. The van der Waals surface area contributed by atoms with Crippen LogP contribution >= 0.6 is 0 Å². The van der Waals surface area contributed by atoms with Crippen LogP contribution in [0.2, 0.25) is 0 Å². The molecule has 0 atom stereocenters. The van der Waals surface area contributed by atoms with E-state index < -0.39 is 16.0 Å². The van der Waals surface area contributed by atoms with Crippen LogP contribution in [-0.4, -0.2) is 61.9 Å². The lowest BCUT2D eigenvalue weighted by Gasteiger charge is -2.34. The largest absolute Gasteiger partial charge is 0.465 e. The smallest absolute Gasteiger partial charge is 0.337 e. The normalized spacial score (nSPS) is 15.8. The van der Waals surface area contributed by atoms with Crippen LogP contribution in [0.4, 0.5) is 5.82 Å². The molecule has 0 amide bonds. The minimum absolute atomic E-state index is 0.160. The minimum Gasteiger partial charge on any atom is -0.465 e. The summed E-state index contributed by atoms with van der Waals surface area (Å²) in [6.45, 7) is 1.80. The molecule has 3 rings (SSSR count). The molecule has 0 aliphatic carbocycles. The number of nitrogens with zero attached hydrogens (tertiary/aromatic N) is 4. The van der Waals surface area contributed by atoms with Gasteiger partial charge >= 0.3 is 5.97 Å². The maximum absolute atomic E-state index is 12.7. The van der Waals surface area contributed by atoms with Gasteiger partial charge in [0.25, 0.3) is 0 Å². The minimum atomic E-state index is -3.60. The number of ether oxygens (including phenoxy) is 1. The fraction of sp³-hybridized carbons (Fsp3) is 0.312. The summed E-state index contributed by atoms with van der Waals surface area (Å²) < 4.78 is 31.5. The number of benzene rings is 1. The van der Waals surface area contributed by atoms with Crippen molar-refractivity contribution in [1.29, 1.82) is 0 Å². The molecule has 2 heterocycles. The van der Waals surface area contributed by atoms with Gasteiger partial charge in [-0.15, -0.1) is 0 Å². The standard InChI is InChI=1S/C16H18N4O4S/c1-24-16(21)13-2-4-14(5-3-13)25(22,23)20-10-8-19(9-11-20)15-12-17-6-7-18-15/h2-7,12H,8-11H2,1H3. The van der Waals surface area contributed by atoms with Gasteiger partial charge in [0, 0.05) is 38.6 Å². The third-order valence-corrected chi connectivity index (χ3v) is 5.94. The summed E-state index contributed by atoms with van der Waals surface area (Å²) in [6.07, 6.45) is 4.87. The van der Waals surface area contributed by atoms with Crippen molar-refractivity contribution in [1.82, 2.24) is 14.3 Å². The second-order valence-corrected chi connectivity index (χ2v) is 7.41. The van der Waals surface area contributed by atoms with Gasteiger partial charge in [-0.2, -0.15) is 4.31 Å². The number of esters is 1. The molecule has 8 nitrogen and oxygen atoms in total. The van der Waals surface area contributed by atoms with Gasteiger partial charge in [-0.05, 0) is 24.3 Å².